The van der Waals surface area contributed by atoms with Crippen LogP contribution in [-0.4, -0.2) is 32.6 Å². The summed E-state index contributed by atoms with van der Waals surface area (Å²) in [4.78, 5) is 24.2. The Morgan fingerprint density at radius 2 is 1.70 bits per heavy atom. The van der Waals surface area contributed by atoms with E-state index >= 15 is 0 Å². The molecule has 0 amide bonds. The third kappa shape index (κ3) is 4.10. The zero-order valence-corrected chi connectivity index (χ0v) is 14.3. The Bertz CT molecular complexity index is 727. The molecule has 2 rings (SSSR count). The number of carbonyl (C=O) groups is 2. The molecular weight excluding hydrogens is 364 g/mol. The van der Waals surface area contributed by atoms with Crippen molar-refractivity contribution in [3.05, 3.63) is 58.1 Å². The lowest BCUT2D eigenvalue weighted by Gasteiger charge is -2.09. The highest BCUT2D eigenvalue weighted by molar-refractivity contribution is 9.10. The summed E-state index contributed by atoms with van der Waals surface area (Å²) in [6, 6.07) is 11.6. The van der Waals surface area contributed by atoms with Crippen LogP contribution < -0.4 is 9.47 Å². The van der Waals surface area contributed by atoms with E-state index in [0.717, 1.165) is 0 Å². The van der Waals surface area contributed by atoms with Gasteiger partial charge in [0.2, 0.25) is 5.78 Å². The highest BCUT2D eigenvalue weighted by Gasteiger charge is 2.16. The Morgan fingerprint density at radius 3 is 2.35 bits per heavy atom. The maximum Gasteiger partial charge on any atom is 0.338 e. The second-order valence-corrected chi connectivity index (χ2v) is 5.40. The number of benzene rings is 2. The van der Waals surface area contributed by atoms with Crippen molar-refractivity contribution in [2.75, 3.05) is 20.8 Å². The zero-order valence-electron chi connectivity index (χ0n) is 12.7. The Balaban J connectivity index is 2.04. The summed E-state index contributed by atoms with van der Waals surface area (Å²) in [5.41, 5.74) is 0.698. The van der Waals surface area contributed by atoms with Gasteiger partial charge >= 0.3 is 5.97 Å². The van der Waals surface area contributed by atoms with E-state index in [-0.39, 0.29) is 12.4 Å². The van der Waals surface area contributed by atoms with Crippen LogP contribution in [0.3, 0.4) is 0 Å². The molecule has 0 N–H and O–H groups in total. The maximum atomic E-state index is 12.1. The van der Waals surface area contributed by atoms with E-state index in [1.165, 1.54) is 14.2 Å². The molecule has 0 saturated carbocycles. The van der Waals surface area contributed by atoms with Crippen LogP contribution in [0.2, 0.25) is 0 Å². The van der Waals surface area contributed by atoms with Gasteiger partial charge in [0.15, 0.2) is 6.61 Å². The average molecular weight is 379 g/mol. The second-order valence-electron chi connectivity index (χ2n) is 4.55. The molecule has 0 aliphatic carbocycles. The van der Waals surface area contributed by atoms with Crippen molar-refractivity contribution in [1.29, 1.82) is 0 Å². The van der Waals surface area contributed by atoms with Gasteiger partial charge in [-0.3, -0.25) is 4.79 Å². The predicted molar refractivity (Wildman–Crippen MR) is 88.3 cm³/mol. The standard InChI is InChI=1S/C17H15BrO5/c1-21-15-6-4-3-5-12(15)14(19)10-23-17(20)11-7-8-16(22-2)13(18)9-11/h3-9H,10H2,1-2H3. The molecule has 0 heterocycles. The highest BCUT2D eigenvalue weighted by Crippen LogP contribution is 2.26. The number of hydrogen-bond donors (Lipinski definition) is 0. The number of rotatable bonds is 6. The molecule has 2 aromatic rings. The number of halogens is 1. The smallest absolute Gasteiger partial charge is 0.338 e. The van der Waals surface area contributed by atoms with E-state index < -0.39 is 5.97 Å². The van der Waals surface area contributed by atoms with Gasteiger partial charge in [0.25, 0.3) is 0 Å². The van der Waals surface area contributed by atoms with Crippen molar-refractivity contribution < 1.29 is 23.8 Å². The van der Waals surface area contributed by atoms with Gasteiger partial charge < -0.3 is 14.2 Å². The van der Waals surface area contributed by atoms with Gasteiger partial charge in [-0.05, 0) is 46.3 Å². The summed E-state index contributed by atoms with van der Waals surface area (Å²) in [6.45, 7) is -0.358. The summed E-state index contributed by atoms with van der Waals surface area (Å²) in [7, 11) is 3.01. The summed E-state index contributed by atoms with van der Waals surface area (Å²) in [5, 5.41) is 0. The quantitative estimate of drug-likeness (QED) is 0.568. The van der Waals surface area contributed by atoms with Crippen LogP contribution >= 0.6 is 15.9 Å². The number of methoxy groups -OCH3 is 2. The zero-order chi connectivity index (χ0) is 16.8. The van der Waals surface area contributed by atoms with Gasteiger partial charge in [-0.15, -0.1) is 0 Å². The number of hydrogen-bond acceptors (Lipinski definition) is 5. The fourth-order valence-corrected chi connectivity index (χ4v) is 2.50. The first kappa shape index (κ1) is 17.0. The van der Waals surface area contributed by atoms with Crippen molar-refractivity contribution >= 4 is 27.7 Å². The summed E-state index contributed by atoms with van der Waals surface area (Å²) >= 11 is 3.29. The predicted octanol–water partition coefficient (Wildman–Crippen LogP) is 3.51. The van der Waals surface area contributed by atoms with Crippen LogP contribution in [0.25, 0.3) is 0 Å². The molecule has 0 bridgehead atoms. The molecule has 0 aliphatic rings. The van der Waals surface area contributed by atoms with Gasteiger partial charge in [0.05, 0.1) is 29.8 Å². The lowest BCUT2D eigenvalue weighted by Crippen LogP contribution is -2.15. The Hall–Kier alpha value is -2.34. The SMILES string of the molecule is COc1ccc(C(=O)OCC(=O)c2ccccc2OC)cc1Br. The molecule has 0 saturated heterocycles. The van der Waals surface area contributed by atoms with Crippen LogP contribution in [0.5, 0.6) is 11.5 Å². The largest absolute Gasteiger partial charge is 0.496 e. The number of Topliss-reactive ketones (excluding diaryl/α,β-unsaturated/α-hetero) is 1. The van der Waals surface area contributed by atoms with E-state index in [2.05, 4.69) is 15.9 Å². The van der Waals surface area contributed by atoms with Crippen molar-refractivity contribution in [2.45, 2.75) is 0 Å². The van der Waals surface area contributed by atoms with Crippen molar-refractivity contribution in [3.8, 4) is 11.5 Å². The van der Waals surface area contributed by atoms with E-state index in [1.807, 2.05) is 0 Å². The molecule has 23 heavy (non-hydrogen) atoms. The minimum atomic E-state index is -0.586. The monoisotopic (exact) mass is 378 g/mol. The molecule has 0 unspecified atom stereocenters. The number of para-hydroxylation sites is 1. The molecule has 0 spiro atoms. The maximum absolute atomic E-state index is 12.1. The molecule has 0 aliphatic heterocycles. The van der Waals surface area contributed by atoms with Crippen molar-refractivity contribution in [3.63, 3.8) is 0 Å². The Morgan fingerprint density at radius 1 is 1.00 bits per heavy atom. The van der Waals surface area contributed by atoms with Crippen LogP contribution in [0.15, 0.2) is 46.9 Å². The van der Waals surface area contributed by atoms with Crippen molar-refractivity contribution in [2.24, 2.45) is 0 Å². The van der Waals surface area contributed by atoms with Gasteiger partial charge in [0, 0.05) is 0 Å². The molecule has 0 fully saturated rings. The summed E-state index contributed by atoms with van der Waals surface area (Å²) in [5.74, 6) is 0.132. The van der Waals surface area contributed by atoms with E-state index in [4.69, 9.17) is 14.2 Å². The number of esters is 1. The summed E-state index contributed by atoms with van der Waals surface area (Å²) < 4.78 is 15.9. The van der Waals surface area contributed by atoms with Gasteiger partial charge in [-0.1, -0.05) is 12.1 Å². The summed E-state index contributed by atoms with van der Waals surface area (Å²) in [6.07, 6.45) is 0. The average Bonchev–Trinajstić information content (AvgIpc) is 2.59. The van der Waals surface area contributed by atoms with Crippen LogP contribution in [0, 0.1) is 0 Å². The second kappa shape index (κ2) is 7.78. The highest BCUT2D eigenvalue weighted by atomic mass is 79.9. The molecule has 6 heteroatoms. The van der Waals surface area contributed by atoms with Gasteiger partial charge in [-0.25, -0.2) is 4.79 Å². The topological polar surface area (TPSA) is 61.8 Å². The number of carbonyl (C=O) groups excluding carboxylic acids is 2. The van der Waals surface area contributed by atoms with Gasteiger partial charge in [-0.2, -0.15) is 0 Å². The van der Waals surface area contributed by atoms with Crippen LogP contribution in [0.1, 0.15) is 20.7 Å². The van der Waals surface area contributed by atoms with E-state index in [9.17, 15) is 9.59 Å². The Labute approximate surface area is 142 Å². The minimum Gasteiger partial charge on any atom is -0.496 e. The first-order valence-corrected chi connectivity index (χ1v) is 7.53. The Kier molecular flexibility index (Phi) is 5.76. The molecule has 120 valence electrons. The molecule has 0 radical (unpaired) electrons. The fourth-order valence-electron chi connectivity index (χ4n) is 1.96. The van der Waals surface area contributed by atoms with E-state index in [1.54, 1.807) is 42.5 Å². The first-order valence-electron chi connectivity index (χ1n) is 6.73. The molecule has 5 nitrogen and oxygen atoms in total. The molecule has 2 aromatic carbocycles. The normalized spacial score (nSPS) is 10.0. The third-order valence-corrected chi connectivity index (χ3v) is 3.75. The number of ketones is 1. The van der Waals surface area contributed by atoms with Crippen molar-refractivity contribution in [1.82, 2.24) is 0 Å². The minimum absolute atomic E-state index is 0.325. The fraction of sp³-hybridized carbons (Fsp3) is 0.176. The van der Waals surface area contributed by atoms with Gasteiger partial charge in [0.1, 0.15) is 11.5 Å². The molecular formula is C17H15BrO5. The molecule has 0 atom stereocenters. The third-order valence-electron chi connectivity index (χ3n) is 3.13. The lowest BCUT2D eigenvalue weighted by molar-refractivity contribution is 0.0474. The van der Waals surface area contributed by atoms with Crippen LogP contribution in [-0.2, 0) is 4.74 Å². The lowest BCUT2D eigenvalue weighted by atomic mass is 10.1. The van der Waals surface area contributed by atoms with E-state index in [0.29, 0.717) is 27.1 Å². The molecule has 0 aromatic heterocycles. The van der Waals surface area contributed by atoms with Crippen LogP contribution in [0.4, 0.5) is 0 Å². The first-order chi connectivity index (χ1) is 11.1. The number of ether oxygens (including phenoxy) is 3.